The Morgan fingerprint density at radius 1 is 1.50 bits per heavy atom. The van der Waals surface area contributed by atoms with Crippen LogP contribution in [0, 0.1) is 5.41 Å². The van der Waals surface area contributed by atoms with Gasteiger partial charge in [0.25, 0.3) is 0 Å². The van der Waals surface area contributed by atoms with Crippen molar-refractivity contribution in [1.82, 2.24) is 4.90 Å². The molecule has 1 atom stereocenters. The van der Waals surface area contributed by atoms with E-state index in [0.717, 1.165) is 0 Å². The Morgan fingerprint density at radius 3 is 2.62 bits per heavy atom. The maximum atomic E-state index is 11.9. The molecule has 1 aliphatic rings. The molecule has 0 aromatic carbocycles. The number of carbonyl (C=O) groups excluding carboxylic acids is 1. The molecule has 0 aliphatic carbocycles. The van der Waals surface area contributed by atoms with Gasteiger partial charge in [0.2, 0.25) is 5.91 Å². The fourth-order valence-corrected chi connectivity index (χ4v) is 1.61. The molecule has 1 heterocycles. The number of hydrogen-bond donors (Lipinski definition) is 1. The Balaban J connectivity index is 2.55. The van der Waals surface area contributed by atoms with E-state index in [-0.39, 0.29) is 18.4 Å². The highest BCUT2D eigenvalue weighted by atomic mass is 16.5. The van der Waals surface area contributed by atoms with Crippen molar-refractivity contribution in [3.8, 4) is 0 Å². The molecule has 0 aromatic heterocycles. The van der Waals surface area contributed by atoms with Gasteiger partial charge in [-0.15, -0.1) is 0 Å². The predicted octanol–water partition coefficient (Wildman–Crippen LogP) is 0.735. The second-order valence-electron chi connectivity index (χ2n) is 4.89. The number of carbonyl (C=O) groups is 2. The van der Waals surface area contributed by atoms with Gasteiger partial charge in [-0.05, 0) is 20.8 Å². The molecule has 16 heavy (non-hydrogen) atoms. The van der Waals surface area contributed by atoms with E-state index in [9.17, 15) is 9.59 Å². The number of rotatable bonds is 3. The first-order valence-corrected chi connectivity index (χ1v) is 5.46. The SMILES string of the molecule is CC1CN(C(=O)CC(C)(C)C(=O)O)CCO1. The van der Waals surface area contributed by atoms with Gasteiger partial charge in [0, 0.05) is 19.5 Å². The average Bonchev–Trinajstić information content (AvgIpc) is 2.16. The third kappa shape index (κ3) is 3.20. The fourth-order valence-electron chi connectivity index (χ4n) is 1.61. The number of carboxylic acid groups (broad SMARTS) is 1. The largest absolute Gasteiger partial charge is 0.481 e. The van der Waals surface area contributed by atoms with Gasteiger partial charge in [-0.2, -0.15) is 0 Å². The second-order valence-corrected chi connectivity index (χ2v) is 4.89. The first-order chi connectivity index (χ1) is 7.33. The molecule has 1 unspecified atom stereocenters. The monoisotopic (exact) mass is 229 g/mol. The van der Waals surface area contributed by atoms with Crippen LogP contribution in [0.4, 0.5) is 0 Å². The van der Waals surface area contributed by atoms with Gasteiger partial charge in [-0.25, -0.2) is 0 Å². The zero-order valence-corrected chi connectivity index (χ0v) is 10.0. The molecule has 1 saturated heterocycles. The van der Waals surface area contributed by atoms with Gasteiger partial charge in [0.05, 0.1) is 18.1 Å². The molecule has 1 amide bonds. The highest BCUT2D eigenvalue weighted by molar-refractivity contribution is 5.84. The summed E-state index contributed by atoms with van der Waals surface area (Å²) in [6.07, 6.45) is 0.0698. The lowest BCUT2D eigenvalue weighted by Gasteiger charge is -2.32. The number of aliphatic carboxylic acids is 1. The lowest BCUT2D eigenvalue weighted by atomic mass is 9.89. The quantitative estimate of drug-likeness (QED) is 0.775. The van der Waals surface area contributed by atoms with E-state index in [1.807, 2.05) is 6.92 Å². The minimum absolute atomic E-state index is 0.0330. The summed E-state index contributed by atoms with van der Waals surface area (Å²) in [5, 5.41) is 8.95. The van der Waals surface area contributed by atoms with Crippen LogP contribution in [0.1, 0.15) is 27.2 Å². The standard InChI is InChI=1S/C11H19NO4/c1-8-7-12(4-5-16-8)9(13)6-11(2,3)10(14)15/h8H,4-7H2,1-3H3,(H,14,15). The third-order valence-electron chi connectivity index (χ3n) is 2.77. The number of hydrogen-bond acceptors (Lipinski definition) is 3. The van der Waals surface area contributed by atoms with Gasteiger partial charge in [0.15, 0.2) is 0 Å². The summed E-state index contributed by atoms with van der Waals surface area (Å²) >= 11 is 0. The first kappa shape index (κ1) is 13.0. The van der Waals surface area contributed by atoms with Gasteiger partial charge in [0.1, 0.15) is 0 Å². The summed E-state index contributed by atoms with van der Waals surface area (Å²) in [5.41, 5.74) is -1.00. The van der Waals surface area contributed by atoms with E-state index < -0.39 is 11.4 Å². The maximum absolute atomic E-state index is 11.9. The van der Waals surface area contributed by atoms with E-state index in [4.69, 9.17) is 9.84 Å². The van der Waals surface area contributed by atoms with Crippen LogP contribution in [0.2, 0.25) is 0 Å². The van der Waals surface area contributed by atoms with Crippen LogP contribution in [0.15, 0.2) is 0 Å². The van der Waals surface area contributed by atoms with Crippen LogP contribution in [0.3, 0.4) is 0 Å². The summed E-state index contributed by atoms with van der Waals surface area (Å²) in [7, 11) is 0. The maximum Gasteiger partial charge on any atom is 0.309 e. The Hall–Kier alpha value is -1.10. The van der Waals surface area contributed by atoms with Crippen LogP contribution >= 0.6 is 0 Å². The molecular weight excluding hydrogens is 210 g/mol. The molecule has 0 radical (unpaired) electrons. The van der Waals surface area contributed by atoms with E-state index in [2.05, 4.69) is 0 Å². The van der Waals surface area contributed by atoms with Crippen molar-refractivity contribution in [1.29, 1.82) is 0 Å². The number of carboxylic acids is 1. The third-order valence-corrected chi connectivity index (χ3v) is 2.77. The van der Waals surface area contributed by atoms with E-state index in [1.165, 1.54) is 0 Å². The molecule has 1 fully saturated rings. The van der Waals surface area contributed by atoms with Crippen molar-refractivity contribution in [2.24, 2.45) is 5.41 Å². The molecule has 0 bridgehead atoms. The van der Waals surface area contributed by atoms with Gasteiger partial charge in [-0.3, -0.25) is 9.59 Å². The first-order valence-electron chi connectivity index (χ1n) is 5.46. The van der Waals surface area contributed by atoms with Crippen LogP contribution in [0.5, 0.6) is 0 Å². The molecular formula is C11H19NO4. The van der Waals surface area contributed by atoms with Crippen molar-refractivity contribution < 1.29 is 19.4 Å². The topological polar surface area (TPSA) is 66.8 Å². The molecule has 1 aliphatic heterocycles. The number of nitrogens with zero attached hydrogens (tertiary/aromatic N) is 1. The van der Waals surface area contributed by atoms with Crippen molar-refractivity contribution in [3.63, 3.8) is 0 Å². The number of amides is 1. The smallest absolute Gasteiger partial charge is 0.309 e. The normalized spacial score (nSPS) is 21.9. The number of morpholine rings is 1. The Kier molecular flexibility index (Phi) is 3.91. The second kappa shape index (κ2) is 4.82. The Morgan fingerprint density at radius 2 is 2.12 bits per heavy atom. The lowest BCUT2D eigenvalue weighted by molar-refractivity contribution is -0.153. The van der Waals surface area contributed by atoms with Crippen LogP contribution < -0.4 is 0 Å². The zero-order valence-electron chi connectivity index (χ0n) is 10.0. The Bertz CT molecular complexity index is 288. The molecule has 5 nitrogen and oxygen atoms in total. The van der Waals surface area contributed by atoms with Crippen molar-refractivity contribution in [2.45, 2.75) is 33.3 Å². The fraction of sp³-hybridized carbons (Fsp3) is 0.818. The summed E-state index contributed by atoms with van der Waals surface area (Å²) < 4.78 is 5.33. The summed E-state index contributed by atoms with van der Waals surface area (Å²) in [4.78, 5) is 24.5. The van der Waals surface area contributed by atoms with Crippen molar-refractivity contribution in [2.75, 3.05) is 19.7 Å². The van der Waals surface area contributed by atoms with Gasteiger partial charge in [-0.1, -0.05) is 0 Å². The zero-order chi connectivity index (χ0) is 12.3. The minimum atomic E-state index is -1.00. The van der Waals surface area contributed by atoms with Crippen molar-refractivity contribution in [3.05, 3.63) is 0 Å². The van der Waals surface area contributed by atoms with E-state index in [0.29, 0.717) is 19.7 Å². The molecule has 0 aromatic rings. The molecule has 5 heteroatoms. The van der Waals surface area contributed by atoms with Crippen molar-refractivity contribution >= 4 is 11.9 Å². The van der Waals surface area contributed by atoms with Gasteiger partial charge >= 0.3 is 5.97 Å². The van der Waals surface area contributed by atoms with Crippen LogP contribution in [-0.4, -0.2) is 47.7 Å². The molecule has 0 spiro atoms. The minimum Gasteiger partial charge on any atom is -0.481 e. The van der Waals surface area contributed by atoms with Gasteiger partial charge < -0.3 is 14.7 Å². The predicted molar refractivity (Wildman–Crippen MR) is 58.0 cm³/mol. The summed E-state index contributed by atoms with van der Waals surface area (Å²) in [6.45, 7) is 6.67. The van der Waals surface area contributed by atoms with Crippen LogP contribution in [0.25, 0.3) is 0 Å². The summed E-state index contributed by atoms with van der Waals surface area (Å²) in [6, 6.07) is 0. The lowest BCUT2D eigenvalue weighted by Crippen LogP contribution is -2.46. The molecule has 1 rings (SSSR count). The molecule has 1 N–H and O–H groups in total. The highest BCUT2D eigenvalue weighted by Crippen LogP contribution is 2.22. The van der Waals surface area contributed by atoms with E-state index in [1.54, 1.807) is 18.7 Å². The van der Waals surface area contributed by atoms with Crippen LogP contribution in [-0.2, 0) is 14.3 Å². The van der Waals surface area contributed by atoms with E-state index >= 15 is 0 Å². The molecule has 92 valence electrons. The highest BCUT2D eigenvalue weighted by Gasteiger charge is 2.33. The number of ether oxygens (including phenoxy) is 1. The summed E-state index contributed by atoms with van der Waals surface area (Å²) in [5.74, 6) is -1.05. The average molecular weight is 229 g/mol. The Labute approximate surface area is 95.4 Å². The molecule has 0 saturated carbocycles.